The zero-order valence-electron chi connectivity index (χ0n) is 41.5. The molecule has 404 valence electrons. The summed E-state index contributed by atoms with van der Waals surface area (Å²) in [7, 11) is 1.62. The van der Waals surface area contributed by atoms with E-state index in [0.29, 0.717) is 80.4 Å². The van der Waals surface area contributed by atoms with Crippen molar-refractivity contribution >= 4 is 205 Å². The maximum atomic E-state index is 13.8. The van der Waals surface area contributed by atoms with Crippen molar-refractivity contribution in [1.29, 1.82) is 0 Å². The van der Waals surface area contributed by atoms with E-state index < -0.39 is 48.0 Å². The Bertz CT molecular complexity index is 4050. The van der Waals surface area contributed by atoms with Crippen LogP contribution in [0.4, 0.5) is 17.1 Å². The van der Waals surface area contributed by atoms with Gasteiger partial charge in [0.15, 0.2) is 0 Å². The number of thiocarbonyl (C=S) groups is 3. The van der Waals surface area contributed by atoms with Crippen LogP contribution in [0.15, 0.2) is 87.2 Å². The van der Waals surface area contributed by atoms with E-state index in [-0.39, 0.29) is 45.8 Å². The van der Waals surface area contributed by atoms with Crippen molar-refractivity contribution in [3.05, 3.63) is 148 Å². The van der Waals surface area contributed by atoms with E-state index >= 15 is 0 Å². The van der Waals surface area contributed by atoms with E-state index in [4.69, 9.17) is 46.2 Å². The van der Waals surface area contributed by atoms with Crippen molar-refractivity contribution in [2.24, 2.45) is 7.05 Å². The molecule has 3 amide bonds. The number of thiazole rings is 3. The summed E-state index contributed by atoms with van der Waals surface area (Å²) in [5, 5.41) is 19.4. The van der Waals surface area contributed by atoms with Crippen LogP contribution in [0.3, 0.4) is 0 Å². The summed E-state index contributed by atoms with van der Waals surface area (Å²) in [6.45, 7) is 5.11. The van der Waals surface area contributed by atoms with E-state index in [9.17, 15) is 48.6 Å². The van der Waals surface area contributed by atoms with Crippen LogP contribution >= 0.6 is 106 Å². The van der Waals surface area contributed by atoms with Crippen LogP contribution in [0.2, 0.25) is 0 Å². The molecule has 28 heteroatoms. The summed E-state index contributed by atoms with van der Waals surface area (Å²) < 4.78 is 6.41. The van der Waals surface area contributed by atoms with Crippen LogP contribution in [0.5, 0.6) is 0 Å². The molecule has 2 N–H and O–H groups in total. The Hall–Kier alpha value is -6.98. The van der Waals surface area contributed by atoms with Gasteiger partial charge in [-0.05, 0) is 92.1 Å². The van der Waals surface area contributed by atoms with E-state index in [0.717, 1.165) is 55.3 Å². The molecule has 6 aromatic rings. The highest BCUT2D eigenvalue weighted by Crippen LogP contribution is 2.36. The third-order valence-corrected chi connectivity index (χ3v) is 20.0. The Balaban J connectivity index is 0.00000268. The van der Waals surface area contributed by atoms with Crippen molar-refractivity contribution < 1.29 is 43.8 Å². The van der Waals surface area contributed by atoms with Gasteiger partial charge in [0, 0.05) is 43.7 Å². The normalized spacial score (nSPS) is 17.4. The van der Waals surface area contributed by atoms with Crippen molar-refractivity contribution in [1.82, 2.24) is 28.4 Å². The quantitative estimate of drug-likeness (QED) is 0.158. The number of thioether (sulfide) groups is 3. The summed E-state index contributed by atoms with van der Waals surface area (Å²) in [5.74, 6) is -3.54. The van der Waals surface area contributed by atoms with Crippen LogP contribution in [-0.2, 0) is 53.7 Å². The highest BCUT2D eigenvalue weighted by atomic mass is 32.2. The van der Waals surface area contributed by atoms with Crippen molar-refractivity contribution in [2.75, 3.05) is 24.5 Å². The van der Waals surface area contributed by atoms with E-state index in [1.165, 1.54) is 42.4 Å². The van der Waals surface area contributed by atoms with Crippen LogP contribution in [-0.4, -0.2) is 107 Å². The molecule has 79 heavy (non-hydrogen) atoms. The first-order valence-corrected chi connectivity index (χ1v) is 29.3. The van der Waals surface area contributed by atoms with Crippen molar-refractivity contribution in [2.45, 2.75) is 33.9 Å². The zero-order chi connectivity index (χ0) is 57.1. The number of carbonyl (C=O) groups is 5. The number of anilines is 3. The lowest BCUT2D eigenvalue weighted by atomic mass is 10.1. The Morgan fingerprint density at radius 1 is 0.506 bits per heavy atom. The lowest BCUT2D eigenvalue weighted by Gasteiger charge is -2.26. The summed E-state index contributed by atoms with van der Waals surface area (Å²) in [6, 6.07) is 22.0. The van der Waals surface area contributed by atoms with Crippen LogP contribution < -0.4 is 49.2 Å². The van der Waals surface area contributed by atoms with Crippen LogP contribution in [0, 0.1) is 0 Å². The van der Waals surface area contributed by atoms with Crippen LogP contribution in [0.25, 0.3) is 32.9 Å². The number of aromatic nitrogens is 3. The fourth-order valence-corrected chi connectivity index (χ4v) is 16.1. The van der Waals surface area contributed by atoms with E-state index in [1.54, 1.807) is 63.4 Å². The average molecular weight is 1230 g/mol. The molecule has 6 heterocycles. The molecule has 3 fully saturated rings. The van der Waals surface area contributed by atoms with E-state index in [1.807, 2.05) is 60.4 Å². The molecule has 3 saturated heterocycles. The van der Waals surface area contributed by atoms with Crippen molar-refractivity contribution in [3.8, 4) is 0 Å². The van der Waals surface area contributed by atoms with Crippen molar-refractivity contribution in [3.63, 3.8) is 0 Å². The molecule has 19 nitrogen and oxygen atoms in total. The first-order valence-electron chi connectivity index (χ1n) is 23.2. The Morgan fingerprint density at radius 3 is 1.06 bits per heavy atom. The number of carbonyl (C=O) groups excluding carboxylic acids is 5. The third kappa shape index (κ3) is 11.8. The second-order valence-corrected chi connectivity index (χ2v) is 24.6. The molecule has 0 radical (unpaired) electrons. The molecule has 3 aromatic heterocycles. The second kappa shape index (κ2) is 24.6. The van der Waals surface area contributed by atoms with Gasteiger partial charge in [-0.2, -0.15) is 9.59 Å². The summed E-state index contributed by atoms with van der Waals surface area (Å²) in [4.78, 5) is 128. The van der Waals surface area contributed by atoms with Crippen LogP contribution in [0.1, 0.15) is 37.5 Å². The minimum Gasteiger partial charge on any atom is -0.480 e. The minimum absolute atomic E-state index is 0.186. The topological polar surface area (TPSA) is 239 Å². The van der Waals surface area contributed by atoms with Gasteiger partial charge < -0.3 is 19.7 Å². The predicted octanol–water partition coefficient (Wildman–Crippen LogP) is 2.40. The van der Waals surface area contributed by atoms with Gasteiger partial charge in [-0.15, -0.1) is 34.0 Å². The Morgan fingerprint density at radius 2 is 0.785 bits per heavy atom. The zero-order valence-corrected chi connectivity index (χ0v) is 48.8. The maximum Gasteiger partial charge on any atom is 0.373 e. The Kier molecular flexibility index (Phi) is 18.1. The molecule has 9 rings (SSSR count). The van der Waals surface area contributed by atoms with Gasteiger partial charge in [-0.1, -0.05) is 108 Å². The molecule has 0 saturated carbocycles. The van der Waals surface area contributed by atoms with Gasteiger partial charge in [0.05, 0.1) is 13.6 Å². The third-order valence-electron chi connectivity index (χ3n) is 11.9. The molecule has 3 aliphatic heterocycles. The average Bonchev–Trinajstić information content (AvgIpc) is 4.22. The van der Waals surface area contributed by atoms with E-state index in [2.05, 4.69) is 0 Å². The van der Waals surface area contributed by atoms with Gasteiger partial charge in [0.25, 0.3) is 34.4 Å². The molecule has 0 unspecified atom stereocenters. The highest BCUT2D eigenvalue weighted by Gasteiger charge is 2.35. The summed E-state index contributed by atoms with van der Waals surface area (Å²) in [6.07, 6.45) is 5.26. The largest absolute Gasteiger partial charge is 0.480 e. The lowest BCUT2D eigenvalue weighted by Crippen LogP contribution is -2.35. The minimum atomic E-state index is -1.25. The number of nitrogens with zero attached hydrogens (tertiary/aromatic N) is 7. The molecule has 0 spiro atoms. The van der Waals surface area contributed by atoms with Gasteiger partial charge in [-0.25, -0.2) is 0 Å². The first kappa shape index (κ1) is 58.2. The monoisotopic (exact) mass is 1230 g/mol. The number of aliphatic carboxylic acids is 2. The number of amides is 3. The lowest BCUT2D eigenvalue weighted by molar-refractivity contribution is -0.191. The second-order valence-electron chi connectivity index (χ2n) is 16.6. The Labute approximate surface area is 486 Å². The number of hydrogen-bond donors (Lipinski definition) is 2. The first-order chi connectivity index (χ1) is 37.7. The summed E-state index contributed by atoms with van der Waals surface area (Å²) in [5.41, 5.74) is 2.55. The van der Waals surface area contributed by atoms with Gasteiger partial charge >= 0.3 is 18.1 Å². The number of hydrogen-bond acceptors (Lipinski definition) is 20. The number of benzene rings is 3. The van der Waals surface area contributed by atoms with Gasteiger partial charge in [-0.3, -0.25) is 62.2 Å². The molecule has 3 aliphatic rings. The predicted molar refractivity (Wildman–Crippen MR) is 320 cm³/mol. The summed E-state index contributed by atoms with van der Waals surface area (Å²) >= 11 is 22.6. The standard InChI is InChI=1S/C50H39N7O10S9.CO2/c1-5-52-42(65)36(74-48(52)68)45-51(4)39(62)31(71-45)20-25-8-14-28(15-9-25)57(29-16-10-26(11-17-29)21-32-40(63)55(23-34(58)59)46(72-32)37-43(66)53(6-2)49(69)75-37)30-18-12-27(13-19-30)22-33-41(64)56(24-35(60)61)47(73-33)38-44(67)54(7-3)50(70)76-38;2-1-3/h8-22H,5-7,23-24H2,1-4H3,(H,58,59)(H,60,61);/b31-20?,32-21-,33-22+,45-36+,46-37+,47-38+;. The molecule has 0 bridgehead atoms. The number of rotatable bonds is 13. The molecule has 0 aliphatic carbocycles. The van der Waals surface area contributed by atoms with Gasteiger partial charge in [0.2, 0.25) is 0 Å². The highest BCUT2D eigenvalue weighted by molar-refractivity contribution is 8.31. The van der Waals surface area contributed by atoms with Gasteiger partial charge in [0.1, 0.15) is 54.8 Å². The maximum absolute atomic E-state index is 13.8. The molecule has 0 atom stereocenters. The molecular weight excluding hydrogens is 1190 g/mol. The smallest absolute Gasteiger partial charge is 0.373 e. The fraction of sp³-hybridized carbons (Fsp3) is 0.176. The number of carboxylic acids is 2. The fourth-order valence-electron chi connectivity index (χ4n) is 8.16. The molecular formula is C51H39N7O12S9. The number of carboxylic acid groups (broad SMARTS) is 2. The SMILES string of the molecule is CCN1C(=O)/C(=c2\sc(=Cc3ccc(N(c4ccc(/C=c5\s/c(=C6/SC(=S)N(CC)C6=O)n(CC(=O)O)c5=O)cc4)c4ccc(/C=c5/s/c(=C6/SC(=S)N(CC)C6=O)n(CC(=O)O)c5=O)cc4)cc3)c(=O)n2C)SC1=S.O=C=O. The molecule has 3 aromatic carbocycles.